The third-order valence-electron chi connectivity index (χ3n) is 2.45. The average molecular weight is 220 g/mol. The van der Waals surface area contributed by atoms with Gasteiger partial charge in [-0.15, -0.1) is 0 Å². The Morgan fingerprint density at radius 3 is 2.47 bits per heavy atom. The molecule has 0 aliphatic rings. The largest absolute Gasteiger partial charge is 0.416 e. The summed E-state index contributed by atoms with van der Waals surface area (Å²) in [5.74, 6) is 0. The second-order valence-electron chi connectivity index (χ2n) is 3.58. The number of benzene rings is 1. The second kappa shape index (κ2) is 7.43. The molecule has 1 nitrogen and oxygen atoms in total. The van der Waals surface area contributed by atoms with Crippen molar-refractivity contribution in [2.45, 2.75) is 32.8 Å². The minimum Gasteiger partial charge on any atom is -0.416 e. The first-order valence-corrected chi connectivity index (χ1v) is 7.09. The summed E-state index contributed by atoms with van der Waals surface area (Å²) in [6.45, 7) is 4.37. The van der Waals surface area contributed by atoms with Gasteiger partial charge in [0.05, 0.1) is 0 Å². The van der Waals surface area contributed by atoms with Crippen LogP contribution < -0.4 is 0 Å². The molecular formula is C13H20OSi. The summed E-state index contributed by atoms with van der Waals surface area (Å²) in [5, 5.41) is 0. The van der Waals surface area contributed by atoms with Crippen molar-refractivity contribution >= 4 is 15.8 Å². The maximum absolute atomic E-state index is 5.81. The van der Waals surface area contributed by atoms with Crippen LogP contribution in [-0.4, -0.2) is 15.9 Å². The number of hydrogen-bond donors (Lipinski definition) is 0. The molecule has 0 saturated heterocycles. The third-order valence-corrected chi connectivity index (χ3v) is 3.54. The van der Waals surface area contributed by atoms with Crippen LogP contribution in [0.2, 0.25) is 0 Å². The maximum atomic E-state index is 5.81. The van der Waals surface area contributed by atoms with Crippen molar-refractivity contribution in [1.82, 2.24) is 0 Å². The molecule has 0 spiro atoms. The molecule has 0 unspecified atom stereocenters. The smallest absolute Gasteiger partial charge is 0.185 e. The summed E-state index contributed by atoms with van der Waals surface area (Å²) in [5.41, 5.74) is 3.48. The lowest BCUT2D eigenvalue weighted by atomic mass is 10.2. The van der Waals surface area contributed by atoms with Crippen molar-refractivity contribution in [1.29, 1.82) is 0 Å². The summed E-state index contributed by atoms with van der Waals surface area (Å²) in [7, 11) is -0.482. The van der Waals surface area contributed by atoms with E-state index in [0.29, 0.717) is 6.10 Å². The van der Waals surface area contributed by atoms with Crippen molar-refractivity contribution in [2.75, 3.05) is 0 Å². The van der Waals surface area contributed by atoms with Crippen LogP contribution in [0.5, 0.6) is 0 Å². The maximum Gasteiger partial charge on any atom is 0.185 e. The van der Waals surface area contributed by atoms with Gasteiger partial charge in [0.1, 0.15) is 0 Å². The molecule has 1 rings (SSSR count). The van der Waals surface area contributed by atoms with Gasteiger partial charge < -0.3 is 4.43 Å². The van der Waals surface area contributed by atoms with Crippen molar-refractivity contribution in [2.24, 2.45) is 0 Å². The Bertz CT molecular complexity index is 278. The van der Waals surface area contributed by atoms with Gasteiger partial charge in [0, 0.05) is 6.10 Å². The van der Waals surface area contributed by atoms with E-state index < -0.39 is 9.76 Å². The Kier molecular flexibility index (Phi) is 6.05. The van der Waals surface area contributed by atoms with Crippen LogP contribution in [0.4, 0.5) is 0 Å². The van der Waals surface area contributed by atoms with Gasteiger partial charge in [-0.25, -0.2) is 0 Å². The first kappa shape index (κ1) is 12.2. The first-order chi connectivity index (χ1) is 7.36. The predicted octanol–water partition coefficient (Wildman–Crippen LogP) is 2.95. The molecule has 0 aliphatic carbocycles. The molecule has 1 aromatic carbocycles. The van der Waals surface area contributed by atoms with Crippen molar-refractivity contribution < 1.29 is 4.43 Å². The molecule has 0 radical (unpaired) electrons. The van der Waals surface area contributed by atoms with Crippen LogP contribution >= 0.6 is 0 Å². The summed E-state index contributed by atoms with van der Waals surface area (Å²) in [4.78, 5) is 0. The minimum atomic E-state index is -0.482. The highest BCUT2D eigenvalue weighted by molar-refractivity contribution is 6.35. The Labute approximate surface area is 95.1 Å². The molecule has 0 N–H and O–H groups in total. The molecule has 0 heterocycles. The van der Waals surface area contributed by atoms with Gasteiger partial charge >= 0.3 is 0 Å². The van der Waals surface area contributed by atoms with Crippen LogP contribution in [0.25, 0.3) is 6.08 Å². The lowest BCUT2D eigenvalue weighted by molar-refractivity contribution is 0.206. The van der Waals surface area contributed by atoms with E-state index in [2.05, 4.69) is 49.9 Å². The molecule has 82 valence electrons. The monoisotopic (exact) mass is 220 g/mol. The van der Waals surface area contributed by atoms with E-state index in [1.54, 1.807) is 0 Å². The van der Waals surface area contributed by atoms with E-state index >= 15 is 0 Å². The topological polar surface area (TPSA) is 9.23 Å². The lowest BCUT2D eigenvalue weighted by Gasteiger charge is -2.11. The van der Waals surface area contributed by atoms with E-state index in [-0.39, 0.29) is 0 Å². The molecule has 15 heavy (non-hydrogen) atoms. The number of hydrogen-bond acceptors (Lipinski definition) is 1. The molecule has 1 aromatic rings. The van der Waals surface area contributed by atoms with Gasteiger partial charge in [-0.2, -0.15) is 0 Å². The Morgan fingerprint density at radius 1 is 1.20 bits per heavy atom. The van der Waals surface area contributed by atoms with Crippen molar-refractivity contribution in [3.05, 3.63) is 41.6 Å². The van der Waals surface area contributed by atoms with Crippen LogP contribution in [0.1, 0.15) is 32.3 Å². The van der Waals surface area contributed by atoms with Crippen molar-refractivity contribution in [3.63, 3.8) is 0 Å². The fourth-order valence-corrected chi connectivity index (χ4v) is 2.69. The normalized spacial score (nSPS) is 12.2. The summed E-state index contributed by atoms with van der Waals surface area (Å²) < 4.78 is 5.81. The zero-order valence-electron chi connectivity index (χ0n) is 9.65. The standard InChI is InChI=1S/C13H20OSi/c1-3-13(4-2)14-15-11-10-12-8-6-5-7-9-12/h5-11,13H,3-4,15H2,1-2H3. The Hall–Kier alpha value is -0.863. The molecular weight excluding hydrogens is 200 g/mol. The zero-order chi connectivity index (χ0) is 10.9. The highest BCUT2D eigenvalue weighted by Gasteiger charge is 1.99. The molecule has 0 fully saturated rings. The lowest BCUT2D eigenvalue weighted by Crippen LogP contribution is -2.11. The predicted molar refractivity (Wildman–Crippen MR) is 69.5 cm³/mol. The van der Waals surface area contributed by atoms with E-state index in [1.165, 1.54) is 5.56 Å². The molecule has 0 aromatic heterocycles. The second-order valence-corrected chi connectivity index (χ2v) is 4.72. The van der Waals surface area contributed by atoms with Crippen LogP contribution in [-0.2, 0) is 4.43 Å². The van der Waals surface area contributed by atoms with Crippen LogP contribution in [0.3, 0.4) is 0 Å². The highest BCUT2D eigenvalue weighted by atomic mass is 28.2. The molecule has 2 heteroatoms. The minimum absolute atomic E-state index is 0.470. The first-order valence-electron chi connectivity index (χ1n) is 5.70. The van der Waals surface area contributed by atoms with Gasteiger partial charge in [-0.05, 0) is 18.4 Å². The molecule has 0 aliphatic heterocycles. The van der Waals surface area contributed by atoms with Crippen LogP contribution in [0, 0.1) is 0 Å². The van der Waals surface area contributed by atoms with Crippen molar-refractivity contribution in [3.8, 4) is 0 Å². The molecule has 0 atom stereocenters. The quantitative estimate of drug-likeness (QED) is 0.670. The van der Waals surface area contributed by atoms with E-state index in [4.69, 9.17) is 4.43 Å². The third kappa shape index (κ3) is 4.95. The van der Waals surface area contributed by atoms with Gasteiger partial charge in [0.25, 0.3) is 0 Å². The van der Waals surface area contributed by atoms with Gasteiger partial charge in [-0.3, -0.25) is 0 Å². The molecule has 0 amide bonds. The highest BCUT2D eigenvalue weighted by Crippen LogP contribution is 2.03. The number of rotatable bonds is 6. The van der Waals surface area contributed by atoms with Gasteiger partial charge in [-0.1, -0.05) is 56.0 Å². The van der Waals surface area contributed by atoms with E-state index in [1.807, 2.05) is 6.07 Å². The molecule has 0 saturated carbocycles. The fraction of sp³-hybridized carbons (Fsp3) is 0.385. The summed E-state index contributed by atoms with van der Waals surface area (Å²) in [6, 6.07) is 10.4. The zero-order valence-corrected chi connectivity index (χ0v) is 11.1. The summed E-state index contributed by atoms with van der Waals surface area (Å²) in [6.07, 6.45) is 4.89. The van der Waals surface area contributed by atoms with Crippen LogP contribution in [0.15, 0.2) is 36.0 Å². The SMILES string of the molecule is CCC(CC)O[SiH2]C=Cc1ccccc1. The van der Waals surface area contributed by atoms with Gasteiger partial charge in [0.2, 0.25) is 0 Å². The average Bonchev–Trinajstić information content (AvgIpc) is 2.31. The fourth-order valence-electron chi connectivity index (χ4n) is 1.46. The van der Waals surface area contributed by atoms with E-state index in [0.717, 1.165) is 12.8 Å². The van der Waals surface area contributed by atoms with E-state index in [9.17, 15) is 0 Å². The Morgan fingerprint density at radius 2 is 1.87 bits per heavy atom. The van der Waals surface area contributed by atoms with Gasteiger partial charge in [0.15, 0.2) is 9.76 Å². The molecule has 0 bridgehead atoms. The summed E-state index contributed by atoms with van der Waals surface area (Å²) >= 11 is 0. The Balaban J connectivity index is 2.28.